The van der Waals surface area contributed by atoms with E-state index in [-0.39, 0.29) is 6.10 Å². The summed E-state index contributed by atoms with van der Waals surface area (Å²) < 4.78 is 0. The van der Waals surface area contributed by atoms with E-state index in [0.29, 0.717) is 11.5 Å². The van der Waals surface area contributed by atoms with E-state index < -0.39 is 0 Å². The highest BCUT2D eigenvalue weighted by Gasteiger charge is 2.43. The first kappa shape index (κ1) is 17.6. The van der Waals surface area contributed by atoms with Crippen molar-refractivity contribution >= 4 is 17.3 Å². The lowest BCUT2D eigenvalue weighted by Gasteiger charge is -2.43. The summed E-state index contributed by atoms with van der Waals surface area (Å²) in [4.78, 5) is 5.26. The number of piperidine rings is 1. The number of likely N-dealkylation sites (tertiary alicyclic amines) is 1. The van der Waals surface area contributed by atoms with Crippen molar-refractivity contribution in [1.29, 1.82) is 0 Å². The van der Waals surface area contributed by atoms with Gasteiger partial charge in [-0.2, -0.15) is 0 Å². The maximum Gasteiger partial charge on any atom is 0.0642 e. The lowest BCUT2D eigenvalue weighted by molar-refractivity contribution is 0.0770. The van der Waals surface area contributed by atoms with Crippen molar-refractivity contribution < 1.29 is 5.11 Å². The molecule has 3 aliphatic rings. The van der Waals surface area contributed by atoms with Crippen LogP contribution in [0.5, 0.6) is 0 Å². The van der Waals surface area contributed by atoms with Crippen LogP contribution in [0, 0.1) is 12.3 Å². The Balaban J connectivity index is 1.44. The van der Waals surface area contributed by atoms with E-state index in [9.17, 15) is 5.11 Å². The van der Waals surface area contributed by atoms with E-state index in [1.165, 1.54) is 56.4 Å². The number of halogens is 1. The summed E-state index contributed by atoms with van der Waals surface area (Å²) in [6, 6.07) is 7.16. The lowest BCUT2D eigenvalue weighted by atomic mass is 9.79. The fourth-order valence-electron chi connectivity index (χ4n) is 5.32. The van der Waals surface area contributed by atoms with Crippen molar-refractivity contribution in [2.24, 2.45) is 5.41 Å². The number of anilines is 1. The van der Waals surface area contributed by atoms with Crippen LogP contribution in [0.3, 0.4) is 0 Å². The molecule has 1 aromatic carbocycles. The molecule has 1 aliphatic carbocycles. The molecule has 25 heavy (non-hydrogen) atoms. The fourth-order valence-corrected chi connectivity index (χ4v) is 5.67. The summed E-state index contributed by atoms with van der Waals surface area (Å²) in [5.74, 6) is 0. The molecule has 2 saturated heterocycles. The smallest absolute Gasteiger partial charge is 0.0642 e. The van der Waals surface area contributed by atoms with Crippen molar-refractivity contribution in [3.8, 4) is 0 Å². The van der Waals surface area contributed by atoms with Crippen molar-refractivity contribution in [1.82, 2.24) is 4.90 Å². The Morgan fingerprint density at radius 1 is 1.08 bits per heavy atom. The van der Waals surface area contributed by atoms with Gasteiger partial charge in [-0.1, -0.05) is 17.7 Å². The number of rotatable bonds is 2. The normalized spacial score (nSPS) is 34.0. The molecular formula is C21H31ClN2O. The van der Waals surface area contributed by atoms with Gasteiger partial charge in [0.05, 0.1) is 16.8 Å². The minimum Gasteiger partial charge on any atom is -0.393 e. The summed E-state index contributed by atoms with van der Waals surface area (Å²) in [6.07, 6.45) is 8.18. The molecule has 1 spiro atoms. The van der Waals surface area contributed by atoms with E-state index >= 15 is 0 Å². The quantitative estimate of drug-likeness (QED) is 0.852. The van der Waals surface area contributed by atoms with E-state index in [0.717, 1.165) is 31.0 Å². The molecule has 1 N–H and O–H groups in total. The third kappa shape index (κ3) is 3.70. The second-order valence-electron chi connectivity index (χ2n) is 8.66. The highest BCUT2D eigenvalue weighted by molar-refractivity contribution is 6.33. The second-order valence-corrected chi connectivity index (χ2v) is 9.07. The molecule has 3 nitrogen and oxygen atoms in total. The fraction of sp³-hybridized carbons (Fsp3) is 0.714. The van der Waals surface area contributed by atoms with Gasteiger partial charge in [0.25, 0.3) is 0 Å². The molecule has 0 amide bonds. The first-order valence-corrected chi connectivity index (χ1v) is 10.4. The Morgan fingerprint density at radius 2 is 1.88 bits per heavy atom. The number of nitrogens with zero attached hydrogens (tertiary/aromatic N) is 2. The van der Waals surface area contributed by atoms with Gasteiger partial charge in [-0.15, -0.1) is 0 Å². The predicted octanol–water partition coefficient (Wildman–Crippen LogP) is 4.24. The third-order valence-corrected chi connectivity index (χ3v) is 7.06. The minimum atomic E-state index is -0.0540. The van der Waals surface area contributed by atoms with E-state index in [4.69, 9.17) is 11.6 Å². The molecule has 0 aromatic heterocycles. The summed E-state index contributed by atoms with van der Waals surface area (Å²) in [6.45, 7) is 6.83. The standard InChI is InChI=1S/C21H31ClN2O/c1-16-3-8-20(19(22)13-16)24-11-2-9-21(15-24)10-12-23(14-21)17-4-6-18(25)7-5-17/h3,8,13,17-18,25H,2,4-7,9-12,14-15H2,1H3/t17-,18-,21-/m1/s1. The van der Waals surface area contributed by atoms with Gasteiger partial charge in [0.1, 0.15) is 0 Å². The zero-order valence-electron chi connectivity index (χ0n) is 15.4. The van der Waals surface area contributed by atoms with Gasteiger partial charge >= 0.3 is 0 Å². The van der Waals surface area contributed by atoms with Crippen LogP contribution >= 0.6 is 11.6 Å². The minimum absolute atomic E-state index is 0.0540. The van der Waals surface area contributed by atoms with Crippen molar-refractivity contribution in [3.63, 3.8) is 0 Å². The first-order chi connectivity index (χ1) is 12.0. The summed E-state index contributed by atoms with van der Waals surface area (Å²) in [7, 11) is 0. The van der Waals surface area contributed by atoms with Gasteiger partial charge in [0, 0.05) is 31.1 Å². The maximum atomic E-state index is 9.78. The van der Waals surface area contributed by atoms with Gasteiger partial charge in [0.15, 0.2) is 0 Å². The van der Waals surface area contributed by atoms with Crippen LogP contribution in [0.15, 0.2) is 18.2 Å². The number of aliphatic hydroxyl groups is 1. The highest BCUT2D eigenvalue weighted by atomic mass is 35.5. The van der Waals surface area contributed by atoms with Gasteiger partial charge in [-0.25, -0.2) is 0 Å². The lowest BCUT2D eigenvalue weighted by Crippen LogP contribution is -2.46. The van der Waals surface area contributed by atoms with Crippen LogP contribution in [0.2, 0.25) is 5.02 Å². The molecule has 1 atom stereocenters. The van der Waals surface area contributed by atoms with E-state index in [1.54, 1.807) is 0 Å². The third-order valence-electron chi connectivity index (χ3n) is 6.76. The molecule has 4 rings (SSSR count). The molecule has 2 heterocycles. The molecule has 1 saturated carbocycles. The molecule has 2 aliphatic heterocycles. The van der Waals surface area contributed by atoms with Gasteiger partial charge < -0.3 is 10.0 Å². The molecule has 0 unspecified atom stereocenters. The van der Waals surface area contributed by atoms with Gasteiger partial charge in [-0.3, -0.25) is 4.90 Å². The van der Waals surface area contributed by atoms with Crippen LogP contribution in [0.1, 0.15) is 50.5 Å². The van der Waals surface area contributed by atoms with Crippen molar-refractivity contribution in [2.75, 3.05) is 31.1 Å². The average molecular weight is 363 g/mol. The average Bonchev–Trinajstić information content (AvgIpc) is 2.99. The van der Waals surface area contributed by atoms with Crippen LogP contribution in [0.4, 0.5) is 5.69 Å². The molecule has 0 bridgehead atoms. The topological polar surface area (TPSA) is 26.7 Å². The van der Waals surface area contributed by atoms with Gasteiger partial charge in [-0.05, 0) is 76.1 Å². The summed E-state index contributed by atoms with van der Waals surface area (Å²) >= 11 is 6.55. The van der Waals surface area contributed by atoms with Crippen molar-refractivity contribution in [2.45, 2.75) is 64.0 Å². The number of benzene rings is 1. The number of aliphatic hydroxyl groups excluding tert-OH is 1. The summed E-state index contributed by atoms with van der Waals surface area (Å²) in [5.41, 5.74) is 2.88. The zero-order valence-corrected chi connectivity index (χ0v) is 16.1. The molecule has 1 aromatic rings. The molecular weight excluding hydrogens is 332 g/mol. The van der Waals surface area contributed by atoms with Gasteiger partial charge in [0.2, 0.25) is 0 Å². The Morgan fingerprint density at radius 3 is 2.64 bits per heavy atom. The van der Waals surface area contributed by atoms with E-state index in [1.807, 2.05) is 0 Å². The Bertz CT molecular complexity index is 614. The predicted molar refractivity (Wildman–Crippen MR) is 105 cm³/mol. The van der Waals surface area contributed by atoms with E-state index in [2.05, 4.69) is 34.9 Å². The van der Waals surface area contributed by atoms with Crippen LogP contribution in [-0.4, -0.2) is 48.3 Å². The molecule has 3 fully saturated rings. The maximum absolute atomic E-state index is 9.78. The number of aryl methyl sites for hydroxylation is 1. The second kappa shape index (κ2) is 7.09. The van der Waals surface area contributed by atoms with Crippen molar-refractivity contribution in [3.05, 3.63) is 28.8 Å². The number of hydrogen-bond donors (Lipinski definition) is 1. The van der Waals surface area contributed by atoms with Crippen LogP contribution < -0.4 is 4.90 Å². The SMILES string of the molecule is Cc1ccc(N2CCC[C@]3(CCN([C@H]4CC[C@H](O)CC4)C3)C2)c(Cl)c1. The summed E-state index contributed by atoms with van der Waals surface area (Å²) in [5, 5.41) is 10.7. The first-order valence-electron chi connectivity index (χ1n) is 9.98. The molecule has 138 valence electrons. The van der Waals surface area contributed by atoms with Crippen LogP contribution in [-0.2, 0) is 0 Å². The molecule has 0 radical (unpaired) electrons. The largest absolute Gasteiger partial charge is 0.393 e. The zero-order chi connectivity index (χ0) is 17.4. The highest BCUT2D eigenvalue weighted by Crippen LogP contribution is 2.43. The Kier molecular flexibility index (Phi) is 5.00. The Hall–Kier alpha value is -0.770. The molecule has 4 heteroatoms. The monoisotopic (exact) mass is 362 g/mol. The number of hydrogen-bond acceptors (Lipinski definition) is 3. The Labute approximate surface area is 157 Å². The van der Waals surface area contributed by atoms with Crippen LogP contribution in [0.25, 0.3) is 0 Å².